The van der Waals surface area contributed by atoms with Crippen molar-refractivity contribution in [3.8, 4) is 17.2 Å². The number of anilines is 2. The molecular weight excluding hydrogens is 442 g/mol. The molecule has 2 fully saturated rings. The van der Waals surface area contributed by atoms with Crippen LogP contribution in [0.1, 0.15) is 25.7 Å². The molecule has 3 N–H and O–H groups in total. The summed E-state index contributed by atoms with van der Waals surface area (Å²) < 4.78 is 16.5. The van der Waals surface area contributed by atoms with Crippen LogP contribution >= 0.6 is 0 Å². The van der Waals surface area contributed by atoms with Gasteiger partial charge in [-0.05, 0) is 61.9 Å². The van der Waals surface area contributed by atoms with Crippen LogP contribution in [0.3, 0.4) is 0 Å². The van der Waals surface area contributed by atoms with E-state index in [4.69, 9.17) is 24.9 Å². The van der Waals surface area contributed by atoms with Crippen molar-refractivity contribution >= 4 is 17.3 Å². The Kier molecular flexibility index (Phi) is 7.47. The molecule has 0 aromatic heterocycles. The lowest BCUT2D eigenvalue weighted by molar-refractivity contribution is 0.174. The predicted octanol–water partition coefficient (Wildman–Crippen LogP) is 3.78. The zero-order valence-corrected chi connectivity index (χ0v) is 20.6. The van der Waals surface area contributed by atoms with Gasteiger partial charge in [0.1, 0.15) is 5.75 Å². The second-order valence-corrected chi connectivity index (χ2v) is 9.67. The first-order valence-corrected chi connectivity index (χ1v) is 12.8. The molecule has 2 aromatic rings. The third-order valence-corrected chi connectivity index (χ3v) is 7.35. The zero-order valence-electron chi connectivity index (χ0n) is 20.6. The van der Waals surface area contributed by atoms with Gasteiger partial charge in [0.25, 0.3) is 0 Å². The molecule has 1 aliphatic carbocycles. The summed E-state index contributed by atoms with van der Waals surface area (Å²) in [6, 6.07) is 14.3. The lowest BCUT2D eigenvalue weighted by Crippen LogP contribution is -2.51. The first-order chi connectivity index (χ1) is 17.2. The summed E-state index contributed by atoms with van der Waals surface area (Å²) in [5.41, 5.74) is 8.13. The molecule has 1 saturated heterocycles. The maximum atomic E-state index is 5.97. The summed E-state index contributed by atoms with van der Waals surface area (Å²) in [5, 5.41) is 3.59. The van der Waals surface area contributed by atoms with E-state index < -0.39 is 0 Å². The number of nitrogens with two attached hydrogens (primary N) is 1. The number of fused-ring (bicyclic) bond motifs is 1. The van der Waals surface area contributed by atoms with Gasteiger partial charge in [0, 0.05) is 56.2 Å². The first-order valence-electron chi connectivity index (χ1n) is 12.8. The monoisotopic (exact) mass is 479 g/mol. The van der Waals surface area contributed by atoms with E-state index in [1.807, 2.05) is 30.3 Å². The van der Waals surface area contributed by atoms with Gasteiger partial charge >= 0.3 is 0 Å². The zero-order chi connectivity index (χ0) is 24.0. The second kappa shape index (κ2) is 11.1. The molecule has 8 heteroatoms. The highest BCUT2D eigenvalue weighted by Gasteiger charge is 2.24. The van der Waals surface area contributed by atoms with Crippen LogP contribution in [0.15, 0.2) is 47.5 Å². The van der Waals surface area contributed by atoms with Crippen molar-refractivity contribution < 1.29 is 14.2 Å². The fraction of sp³-hybridized carbons (Fsp3) is 0.519. The number of aliphatic imine (C=N–C) groups is 1. The number of methoxy groups -OCH3 is 1. The molecule has 35 heavy (non-hydrogen) atoms. The Labute approximate surface area is 208 Å². The Balaban J connectivity index is 1.29. The van der Waals surface area contributed by atoms with E-state index in [1.54, 1.807) is 7.11 Å². The molecule has 0 radical (unpaired) electrons. The van der Waals surface area contributed by atoms with Crippen molar-refractivity contribution in [1.29, 1.82) is 0 Å². The number of nitrogens with one attached hydrogen (secondary N) is 1. The average molecular weight is 480 g/mol. The van der Waals surface area contributed by atoms with E-state index in [9.17, 15) is 0 Å². The van der Waals surface area contributed by atoms with Crippen LogP contribution in [-0.4, -0.2) is 64.0 Å². The van der Waals surface area contributed by atoms with E-state index >= 15 is 0 Å². The smallest absolute Gasteiger partial charge is 0.231 e. The summed E-state index contributed by atoms with van der Waals surface area (Å²) in [4.78, 5) is 9.91. The molecule has 0 amide bonds. The van der Waals surface area contributed by atoms with Crippen molar-refractivity contribution in [2.24, 2.45) is 22.6 Å². The minimum atomic E-state index is 0.274. The van der Waals surface area contributed by atoms with E-state index in [0.29, 0.717) is 11.8 Å². The Hall–Kier alpha value is -3.13. The molecule has 188 valence electrons. The van der Waals surface area contributed by atoms with Crippen molar-refractivity contribution in [2.45, 2.75) is 25.7 Å². The maximum absolute atomic E-state index is 5.97. The lowest BCUT2D eigenvalue weighted by atomic mass is 9.81. The number of piperazine rings is 1. The quantitative estimate of drug-likeness (QED) is 0.482. The van der Waals surface area contributed by atoms with Crippen LogP contribution in [0, 0.1) is 11.8 Å². The van der Waals surface area contributed by atoms with E-state index in [-0.39, 0.29) is 6.79 Å². The Bertz CT molecular complexity index is 1020. The SMILES string of the molecule is COc1cccc(N2CCN(C(=NCC3CCCC(CN)C3)Nc3ccc4c(c3)OCO4)CC2)c1. The molecule has 2 atom stereocenters. The fourth-order valence-electron chi connectivity index (χ4n) is 5.30. The van der Waals surface area contributed by atoms with Gasteiger partial charge in [-0.2, -0.15) is 0 Å². The summed E-state index contributed by atoms with van der Waals surface area (Å²) in [7, 11) is 1.71. The van der Waals surface area contributed by atoms with Crippen LogP contribution in [0.5, 0.6) is 17.2 Å². The van der Waals surface area contributed by atoms with Gasteiger partial charge in [-0.1, -0.05) is 12.5 Å². The van der Waals surface area contributed by atoms with E-state index in [0.717, 1.165) is 68.2 Å². The highest BCUT2D eigenvalue weighted by molar-refractivity contribution is 5.94. The predicted molar refractivity (Wildman–Crippen MR) is 140 cm³/mol. The van der Waals surface area contributed by atoms with E-state index in [1.165, 1.54) is 31.4 Å². The largest absolute Gasteiger partial charge is 0.497 e. The van der Waals surface area contributed by atoms with Gasteiger partial charge in [-0.3, -0.25) is 4.99 Å². The number of hydrogen-bond donors (Lipinski definition) is 2. The van der Waals surface area contributed by atoms with Gasteiger partial charge in [0.2, 0.25) is 6.79 Å². The van der Waals surface area contributed by atoms with Gasteiger partial charge in [-0.15, -0.1) is 0 Å². The van der Waals surface area contributed by atoms with Crippen molar-refractivity contribution in [2.75, 3.05) is 63.4 Å². The van der Waals surface area contributed by atoms with Crippen LogP contribution in [0.2, 0.25) is 0 Å². The molecule has 8 nitrogen and oxygen atoms in total. The van der Waals surface area contributed by atoms with Crippen LogP contribution < -0.4 is 30.2 Å². The maximum Gasteiger partial charge on any atom is 0.231 e. The minimum Gasteiger partial charge on any atom is -0.497 e. The van der Waals surface area contributed by atoms with Crippen LogP contribution in [-0.2, 0) is 0 Å². The fourth-order valence-corrected chi connectivity index (χ4v) is 5.30. The highest BCUT2D eigenvalue weighted by atomic mass is 16.7. The number of rotatable bonds is 6. The Morgan fingerprint density at radius 1 is 1.06 bits per heavy atom. The number of guanidine groups is 1. The molecule has 2 heterocycles. The van der Waals surface area contributed by atoms with Crippen LogP contribution in [0.25, 0.3) is 0 Å². The third kappa shape index (κ3) is 5.75. The van der Waals surface area contributed by atoms with E-state index in [2.05, 4.69) is 27.2 Å². The molecule has 0 bridgehead atoms. The Morgan fingerprint density at radius 3 is 2.71 bits per heavy atom. The number of hydrogen-bond acceptors (Lipinski definition) is 6. The summed E-state index contributed by atoms with van der Waals surface area (Å²) in [5.74, 6) is 4.62. The van der Waals surface area contributed by atoms with Gasteiger partial charge in [0.05, 0.1) is 7.11 Å². The number of benzene rings is 2. The lowest BCUT2D eigenvalue weighted by Gasteiger charge is -2.38. The molecule has 2 aliphatic heterocycles. The van der Waals surface area contributed by atoms with Crippen LogP contribution in [0.4, 0.5) is 11.4 Å². The molecule has 0 spiro atoms. The molecule has 3 aliphatic rings. The highest BCUT2D eigenvalue weighted by Crippen LogP contribution is 2.34. The molecular formula is C27H37N5O3. The molecule has 5 rings (SSSR count). The Morgan fingerprint density at radius 2 is 1.89 bits per heavy atom. The molecule has 1 saturated carbocycles. The second-order valence-electron chi connectivity index (χ2n) is 9.67. The van der Waals surface area contributed by atoms with Crippen molar-refractivity contribution in [3.05, 3.63) is 42.5 Å². The molecule has 2 aromatic carbocycles. The van der Waals surface area contributed by atoms with Gasteiger partial charge < -0.3 is 35.1 Å². The van der Waals surface area contributed by atoms with Gasteiger partial charge in [0.15, 0.2) is 17.5 Å². The standard InChI is InChI=1S/C27H37N5O3/c1-33-24-7-3-6-23(16-24)31-10-12-32(13-11-31)27(29-18-21-5-2-4-20(14-21)17-28)30-22-8-9-25-26(15-22)35-19-34-25/h3,6-9,15-16,20-21H,2,4-5,10-14,17-19,28H2,1H3,(H,29,30). The average Bonchev–Trinajstić information content (AvgIpc) is 3.39. The topological polar surface area (TPSA) is 84.6 Å². The van der Waals surface area contributed by atoms with Crippen molar-refractivity contribution in [3.63, 3.8) is 0 Å². The number of nitrogens with zero attached hydrogens (tertiary/aromatic N) is 3. The van der Waals surface area contributed by atoms with Gasteiger partial charge in [-0.25, -0.2) is 0 Å². The van der Waals surface area contributed by atoms with Crippen molar-refractivity contribution in [1.82, 2.24) is 4.90 Å². The number of ether oxygens (including phenoxy) is 3. The summed E-state index contributed by atoms with van der Waals surface area (Å²) in [6.45, 7) is 5.53. The normalized spacial score (nSPS) is 22.3. The summed E-state index contributed by atoms with van der Waals surface area (Å²) in [6.07, 6.45) is 4.93. The first kappa shape index (κ1) is 23.6. The minimum absolute atomic E-state index is 0.274. The molecule has 2 unspecified atom stereocenters. The summed E-state index contributed by atoms with van der Waals surface area (Å²) >= 11 is 0. The third-order valence-electron chi connectivity index (χ3n) is 7.35.